The fraction of sp³-hybridized carbons (Fsp3) is 0.500. The topological polar surface area (TPSA) is 57.6 Å². The summed E-state index contributed by atoms with van der Waals surface area (Å²) in [6.07, 6.45) is 2.86. The van der Waals surface area contributed by atoms with Gasteiger partial charge in [-0.25, -0.2) is 4.39 Å². The van der Waals surface area contributed by atoms with Crippen molar-refractivity contribution in [1.29, 1.82) is 0 Å². The summed E-state index contributed by atoms with van der Waals surface area (Å²) in [6, 6.07) is 6.23. The molecular weight excluding hydrogens is 273 g/mol. The molecule has 1 aliphatic carbocycles. The van der Waals surface area contributed by atoms with Gasteiger partial charge < -0.3 is 10.0 Å². The van der Waals surface area contributed by atoms with Crippen LogP contribution in [0.15, 0.2) is 24.3 Å². The van der Waals surface area contributed by atoms with Crippen molar-refractivity contribution in [2.24, 2.45) is 0 Å². The third-order valence-corrected chi connectivity index (χ3v) is 4.22. The molecule has 1 aromatic carbocycles. The SMILES string of the molecule is CN(CCCC(=O)O)C(=O)C1(c2cccc(F)c2)CCC1. The lowest BCUT2D eigenvalue weighted by Gasteiger charge is -2.43. The maximum absolute atomic E-state index is 13.4. The lowest BCUT2D eigenvalue weighted by atomic mass is 9.63. The van der Waals surface area contributed by atoms with Crippen molar-refractivity contribution in [1.82, 2.24) is 4.90 Å². The number of carbonyl (C=O) groups is 2. The van der Waals surface area contributed by atoms with E-state index >= 15 is 0 Å². The molecule has 5 heteroatoms. The fourth-order valence-corrected chi connectivity index (χ4v) is 2.88. The van der Waals surface area contributed by atoms with E-state index in [0.717, 1.165) is 24.8 Å². The highest BCUT2D eigenvalue weighted by Crippen LogP contribution is 2.45. The molecule has 0 saturated heterocycles. The van der Waals surface area contributed by atoms with Gasteiger partial charge in [0.25, 0.3) is 0 Å². The average molecular weight is 293 g/mol. The van der Waals surface area contributed by atoms with Gasteiger partial charge in [-0.1, -0.05) is 18.6 Å². The van der Waals surface area contributed by atoms with Crippen LogP contribution in [-0.4, -0.2) is 35.5 Å². The molecule has 0 radical (unpaired) electrons. The molecule has 0 spiro atoms. The predicted molar refractivity (Wildman–Crippen MR) is 76.4 cm³/mol. The van der Waals surface area contributed by atoms with E-state index in [4.69, 9.17) is 5.11 Å². The number of amides is 1. The summed E-state index contributed by atoms with van der Waals surface area (Å²) in [6.45, 7) is 0.405. The first kappa shape index (κ1) is 15.5. The largest absolute Gasteiger partial charge is 0.481 e. The van der Waals surface area contributed by atoms with Crippen molar-refractivity contribution in [3.63, 3.8) is 0 Å². The number of carboxylic acids is 1. The van der Waals surface area contributed by atoms with Gasteiger partial charge in [0.15, 0.2) is 0 Å². The zero-order valence-corrected chi connectivity index (χ0v) is 12.1. The van der Waals surface area contributed by atoms with Gasteiger partial charge in [0.2, 0.25) is 5.91 Å². The number of hydrogen-bond donors (Lipinski definition) is 1. The molecule has 0 atom stereocenters. The smallest absolute Gasteiger partial charge is 0.303 e. The number of hydrogen-bond acceptors (Lipinski definition) is 2. The van der Waals surface area contributed by atoms with Crippen LogP contribution in [0.3, 0.4) is 0 Å². The van der Waals surface area contributed by atoms with E-state index in [0.29, 0.717) is 13.0 Å². The molecule has 2 rings (SSSR count). The highest BCUT2D eigenvalue weighted by atomic mass is 19.1. The summed E-state index contributed by atoms with van der Waals surface area (Å²) in [5.74, 6) is -1.23. The minimum absolute atomic E-state index is 0.0373. The lowest BCUT2D eigenvalue weighted by Crippen LogP contribution is -2.50. The van der Waals surface area contributed by atoms with Gasteiger partial charge in [-0.3, -0.25) is 9.59 Å². The quantitative estimate of drug-likeness (QED) is 0.877. The van der Waals surface area contributed by atoms with Crippen molar-refractivity contribution in [3.8, 4) is 0 Å². The fourth-order valence-electron chi connectivity index (χ4n) is 2.88. The zero-order chi connectivity index (χ0) is 15.5. The van der Waals surface area contributed by atoms with Crippen LogP contribution < -0.4 is 0 Å². The number of halogens is 1. The Kier molecular flexibility index (Phi) is 4.60. The van der Waals surface area contributed by atoms with Gasteiger partial charge in [-0.15, -0.1) is 0 Å². The van der Waals surface area contributed by atoms with Crippen LogP contribution >= 0.6 is 0 Å². The normalized spacial score (nSPS) is 16.1. The molecule has 0 heterocycles. The molecule has 1 fully saturated rings. The second-order valence-electron chi connectivity index (χ2n) is 5.67. The Morgan fingerprint density at radius 1 is 1.38 bits per heavy atom. The van der Waals surface area contributed by atoms with Gasteiger partial charge in [0.05, 0.1) is 5.41 Å². The molecule has 0 bridgehead atoms. The summed E-state index contributed by atoms with van der Waals surface area (Å²) in [5, 5.41) is 8.65. The van der Waals surface area contributed by atoms with Crippen molar-refractivity contribution < 1.29 is 19.1 Å². The molecule has 1 aliphatic rings. The standard InChI is InChI=1S/C16H20FNO3/c1-18(10-3-7-14(19)20)15(21)16(8-4-9-16)12-5-2-6-13(17)11-12/h2,5-6,11H,3-4,7-10H2,1H3,(H,19,20). The minimum Gasteiger partial charge on any atom is -0.481 e. The van der Waals surface area contributed by atoms with Crippen molar-refractivity contribution in [2.75, 3.05) is 13.6 Å². The van der Waals surface area contributed by atoms with Crippen LogP contribution in [0, 0.1) is 5.82 Å². The molecule has 1 N–H and O–H groups in total. The Morgan fingerprint density at radius 2 is 2.10 bits per heavy atom. The Labute approximate surface area is 123 Å². The Hall–Kier alpha value is -1.91. The van der Waals surface area contributed by atoms with Crippen molar-refractivity contribution in [2.45, 2.75) is 37.5 Å². The predicted octanol–water partition coefficient (Wildman–Crippen LogP) is 2.57. The van der Waals surface area contributed by atoms with Gasteiger partial charge in [0.1, 0.15) is 5.82 Å². The Bertz CT molecular complexity index is 540. The van der Waals surface area contributed by atoms with Crippen LogP contribution in [0.4, 0.5) is 4.39 Å². The van der Waals surface area contributed by atoms with Crippen LogP contribution in [-0.2, 0) is 15.0 Å². The summed E-state index contributed by atoms with van der Waals surface area (Å²) in [7, 11) is 1.68. The molecule has 114 valence electrons. The summed E-state index contributed by atoms with van der Waals surface area (Å²) < 4.78 is 13.4. The number of nitrogens with zero attached hydrogens (tertiary/aromatic N) is 1. The first-order valence-corrected chi connectivity index (χ1v) is 7.19. The van der Waals surface area contributed by atoms with Crippen molar-refractivity contribution in [3.05, 3.63) is 35.6 Å². The van der Waals surface area contributed by atoms with E-state index < -0.39 is 11.4 Å². The van der Waals surface area contributed by atoms with Gasteiger partial charge >= 0.3 is 5.97 Å². The van der Waals surface area contributed by atoms with E-state index in [9.17, 15) is 14.0 Å². The van der Waals surface area contributed by atoms with E-state index in [1.54, 1.807) is 24.1 Å². The number of benzene rings is 1. The lowest BCUT2D eigenvalue weighted by molar-refractivity contribution is -0.141. The first-order chi connectivity index (χ1) is 9.95. The van der Waals surface area contributed by atoms with Crippen LogP contribution in [0.5, 0.6) is 0 Å². The number of rotatable bonds is 6. The molecule has 0 aliphatic heterocycles. The molecule has 1 saturated carbocycles. The maximum Gasteiger partial charge on any atom is 0.303 e. The van der Waals surface area contributed by atoms with Crippen LogP contribution in [0.25, 0.3) is 0 Å². The monoisotopic (exact) mass is 293 g/mol. The molecular formula is C16H20FNO3. The summed E-state index contributed by atoms with van der Waals surface area (Å²) >= 11 is 0. The van der Waals surface area contributed by atoms with E-state index in [2.05, 4.69) is 0 Å². The second kappa shape index (κ2) is 6.24. The third-order valence-electron chi connectivity index (χ3n) is 4.22. The van der Waals surface area contributed by atoms with E-state index in [1.807, 2.05) is 0 Å². The van der Waals surface area contributed by atoms with Gasteiger partial charge in [0, 0.05) is 20.0 Å². The highest BCUT2D eigenvalue weighted by molar-refractivity contribution is 5.89. The highest BCUT2D eigenvalue weighted by Gasteiger charge is 2.47. The molecule has 1 amide bonds. The third kappa shape index (κ3) is 3.23. The number of carboxylic acid groups (broad SMARTS) is 1. The molecule has 21 heavy (non-hydrogen) atoms. The Balaban J connectivity index is 2.09. The number of likely N-dealkylation sites (N-methyl/N-ethyl adjacent to an activating group) is 1. The molecule has 1 aromatic rings. The minimum atomic E-state index is -0.862. The molecule has 4 nitrogen and oxygen atoms in total. The van der Waals surface area contributed by atoms with Gasteiger partial charge in [-0.2, -0.15) is 0 Å². The Morgan fingerprint density at radius 3 is 2.62 bits per heavy atom. The molecule has 0 unspecified atom stereocenters. The van der Waals surface area contributed by atoms with Crippen LogP contribution in [0.1, 0.15) is 37.7 Å². The zero-order valence-electron chi connectivity index (χ0n) is 12.1. The van der Waals surface area contributed by atoms with Gasteiger partial charge in [-0.05, 0) is 37.0 Å². The number of aliphatic carboxylic acids is 1. The van der Waals surface area contributed by atoms with Crippen LogP contribution in [0.2, 0.25) is 0 Å². The summed E-state index contributed by atoms with van der Waals surface area (Å²) in [5.41, 5.74) is 0.101. The summed E-state index contributed by atoms with van der Waals surface area (Å²) in [4.78, 5) is 24.8. The van der Waals surface area contributed by atoms with Crippen molar-refractivity contribution >= 4 is 11.9 Å². The maximum atomic E-state index is 13.4. The average Bonchev–Trinajstić information content (AvgIpc) is 2.36. The van der Waals surface area contributed by atoms with E-state index in [-0.39, 0.29) is 18.1 Å². The van der Waals surface area contributed by atoms with E-state index in [1.165, 1.54) is 12.1 Å². The molecule has 0 aromatic heterocycles. The second-order valence-corrected chi connectivity index (χ2v) is 5.67. The number of carbonyl (C=O) groups excluding carboxylic acids is 1. The first-order valence-electron chi connectivity index (χ1n) is 7.19.